The number of allylic oxidation sites excluding steroid dienone is 3. The summed E-state index contributed by atoms with van der Waals surface area (Å²) in [5, 5.41) is 1.30. The Balaban J connectivity index is 2.40. The van der Waals surface area contributed by atoms with E-state index >= 15 is 0 Å². The molecule has 0 fully saturated rings. The second kappa shape index (κ2) is 6.95. The van der Waals surface area contributed by atoms with Crippen molar-refractivity contribution in [1.29, 1.82) is 0 Å². The Morgan fingerprint density at radius 3 is 2.44 bits per heavy atom. The highest BCUT2D eigenvalue weighted by molar-refractivity contribution is 6.07. The quantitative estimate of drug-likeness (QED) is 0.514. The number of rotatable bonds is 5. The van der Waals surface area contributed by atoms with Gasteiger partial charge in [-0.05, 0) is 31.6 Å². The fraction of sp³-hybridized carbons (Fsp3) is 0.333. The average Bonchev–Trinajstić information content (AvgIpc) is 2.98. The van der Waals surface area contributed by atoms with Crippen LogP contribution < -0.4 is 10.3 Å². The Morgan fingerprint density at radius 2 is 1.89 bits per heavy atom. The van der Waals surface area contributed by atoms with Crippen LogP contribution >= 0.6 is 0 Å². The fourth-order valence-corrected chi connectivity index (χ4v) is 3.31. The van der Waals surface area contributed by atoms with Gasteiger partial charge >= 0.3 is 0 Å². The highest BCUT2D eigenvalue weighted by Crippen LogP contribution is 2.37. The highest BCUT2D eigenvalue weighted by atomic mass is 16.5. The minimum absolute atomic E-state index is 0.126. The summed E-state index contributed by atoms with van der Waals surface area (Å²) < 4.78 is 11.1. The van der Waals surface area contributed by atoms with Crippen LogP contribution in [0.15, 0.2) is 34.8 Å². The Morgan fingerprint density at radius 1 is 1.19 bits per heavy atom. The standard InChI is InChI=1S/C21H25N3O3/c1-10(2)17(12(5)26-6)14-8-15-13(9-16(14)27-7)18-20(22-15)23-19(11(3)4)24-21(18)25/h8-9,11H,1H2,2-7H3,(H2,22,23,24,25). The van der Waals surface area contributed by atoms with E-state index in [0.717, 1.165) is 33.4 Å². The molecule has 0 radical (unpaired) electrons. The molecule has 0 bridgehead atoms. The predicted molar refractivity (Wildman–Crippen MR) is 109 cm³/mol. The maximum Gasteiger partial charge on any atom is 0.261 e. The monoisotopic (exact) mass is 367 g/mol. The van der Waals surface area contributed by atoms with E-state index in [-0.39, 0.29) is 11.5 Å². The smallest absolute Gasteiger partial charge is 0.261 e. The number of aromatic amines is 2. The minimum Gasteiger partial charge on any atom is -0.501 e. The zero-order valence-corrected chi connectivity index (χ0v) is 16.6. The molecule has 2 aromatic heterocycles. The van der Waals surface area contributed by atoms with Gasteiger partial charge < -0.3 is 19.4 Å². The van der Waals surface area contributed by atoms with Gasteiger partial charge in [0.2, 0.25) is 0 Å². The number of fused-ring (bicyclic) bond motifs is 3. The van der Waals surface area contributed by atoms with Crippen LogP contribution in [-0.4, -0.2) is 29.2 Å². The molecule has 3 rings (SSSR count). The number of nitrogens with one attached hydrogen (secondary N) is 2. The lowest BCUT2D eigenvalue weighted by Crippen LogP contribution is -2.12. The Bertz CT molecular complexity index is 1130. The summed E-state index contributed by atoms with van der Waals surface area (Å²) in [6.07, 6.45) is 0. The van der Waals surface area contributed by atoms with Crippen molar-refractivity contribution < 1.29 is 9.47 Å². The second-order valence-electron chi connectivity index (χ2n) is 6.97. The third kappa shape index (κ3) is 3.12. The Labute approximate surface area is 157 Å². The topological polar surface area (TPSA) is 80.0 Å². The van der Waals surface area contributed by atoms with E-state index in [4.69, 9.17) is 9.47 Å². The normalized spacial score (nSPS) is 12.6. The van der Waals surface area contributed by atoms with Crippen LogP contribution in [0.4, 0.5) is 0 Å². The van der Waals surface area contributed by atoms with Gasteiger partial charge in [0.15, 0.2) is 0 Å². The van der Waals surface area contributed by atoms with Crippen LogP contribution in [-0.2, 0) is 4.74 Å². The van der Waals surface area contributed by atoms with Crippen molar-refractivity contribution >= 4 is 27.5 Å². The van der Waals surface area contributed by atoms with Crippen molar-refractivity contribution in [3.63, 3.8) is 0 Å². The third-order valence-corrected chi connectivity index (χ3v) is 4.70. The summed E-state index contributed by atoms with van der Waals surface area (Å²) in [5.74, 6) is 2.17. The molecule has 27 heavy (non-hydrogen) atoms. The molecule has 0 saturated carbocycles. The summed E-state index contributed by atoms with van der Waals surface area (Å²) in [7, 11) is 3.24. The van der Waals surface area contributed by atoms with Gasteiger partial charge in [-0.3, -0.25) is 4.79 Å². The molecule has 2 N–H and O–H groups in total. The van der Waals surface area contributed by atoms with E-state index in [2.05, 4.69) is 21.5 Å². The largest absolute Gasteiger partial charge is 0.501 e. The predicted octanol–water partition coefficient (Wildman–Crippen LogP) is 4.49. The number of H-pyrrole nitrogens is 2. The minimum atomic E-state index is -0.159. The van der Waals surface area contributed by atoms with Crippen molar-refractivity contribution in [2.75, 3.05) is 14.2 Å². The van der Waals surface area contributed by atoms with E-state index in [1.807, 2.05) is 39.8 Å². The van der Waals surface area contributed by atoms with Crippen molar-refractivity contribution in [1.82, 2.24) is 15.0 Å². The SMILES string of the molecule is C=C(C)C(=C(C)OC)c1cc2[nH]c3nc(C(C)C)[nH]c(=O)c3c2cc1OC. The van der Waals surface area contributed by atoms with E-state index in [1.54, 1.807) is 14.2 Å². The van der Waals surface area contributed by atoms with Crippen molar-refractivity contribution in [3.05, 3.63) is 51.8 Å². The molecule has 2 heterocycles. The van der Waals surface area contributed by atoms with Gasteiger partial charge in [-0.2, -0.15) is 0 Å². The molecule has 3 aromatic rings. The lowest BCUT2D eigenvalue weighted by molar-refractivity contribution is 0.295. The first kappa shape index (κ1) is 18.8. The van der Waals surface area contributed by atoms with Gasteiger partial charge in [0.25, 0.3) is 5.56 Å². The van der Waals surface area contributed by atoms with E-state index < -0.39 is 0 Å². The van der Waals surface area contributed by atoms with Gasteiger partial charge in [-0.25, -0.2) is 4.98 Å². The first-order valence-electron chi connectivity index (χ1n) is 8.83. The van der Waals surface area contributed by atoms with Gasteiger partial charge in [0.1, 0.15) is 23.0 Å². The zero-order chi connectivity index (χ0) is 19.9. The molecule has 1 aromatic carbocycles. The van der Waals surface area contributed by atoms with Crippen molar-refractivity contribution in [2.24, 2.45) is 0 Å². The highest BCUT2D eigenvalue weighted by Gasteiger charge is 2.19. The summed E-state index contributed by atoms with van der Waals surface area (Å²) >= 11 is 0. The summed E-state index contributed by atoms with van der Waals surface area (Å²) in [5.41, 5.74) is 3.81. The first-order valence-corrected chi connectivity index (χ1v) is 8.83. The first-order chi connectivity index (χ1) is 12.8. The molecular formula is C21H25N3O3. The average molecular weight is 367 g/mol. The van der Waals surface area contributed by atoms with Crippen molar-refractivity contribution in [3.8, 4) is 5.75 Å². The molecule has 0 amide bonds. The molecule has 142 valence electrons. The maximum absolute atomic E-state index is 12.7. The summed E-state index contributed by atoms with van der Waals surface area (Å²) in [4.78, 5) is 23.4. The molecule has 6 nitrogen and oxygen atoms in total. The van der Waals surface area contributed by atoms with Gasteiger partial charge in [0.05, 0.1) is 19.6 Å². The number of ether oxygens (including phenoxy) is 2. The van der Waals surface area contributed by atoms with E-state index in [1.165, 1.54) is 0 Å². The molecule has 6 heteroatoms. The number of hydrogen-bond acceptors (Lipinski definition) is 4. The number of methoxy groups -OCH3 is 2. The second-order valence-corrected chi connectivity index (χ2v) is 6.97. The van der Waals surface area contributed by atoms with Gasteiger partial charge in [-0.1, -0.05) is 20.4 Å². The fourth-order valence-electron chi connectivity index (χ4n) is 3.31. The maximum atomic E-state index is 12.7. The summed E-state index contributed by atoms with van der Waals surface area (Å²) in [6, 6.07) is 3.82. The number of nitrogens with zero attached hydrogens (tertiary/aromatic N) is 1. The molecule has 0 aliphatic heterocycles. The molecule has 0 aliphatic carbocycles. The molecule has 0 atom stereocenters. The summed E-state index contributed by atoms with van der Waals surface area (Å²) in [6.45, 7) is 11.9. The Hall–Kier alpha value is -3.02. The van der Waals surface area contributed by atoms with Gasteiger partial charge in [0, 0.05) is 28.0 Å². The number of benzene rings is 1. The third-order valence-electron chi connectivity index (χ3n) is 4.70. The number of aromatic nitrogens is 3. The van der Waals surface area contributed by atoms with E-state index in [9.17, 15) is 4.79 Å². The molecular weight excluding hydrogens is 342 g/mol. The number of hydrogen-bond donors (Lipinski definition) is 2. The van der Waals surface area contributed by atoms with Crippen LogP contribution in [0, 0.1) is 0 Å². The molecule has 0 spiro atoms. The zero-order valence-electron chi connectivity index (χ0n) is 16.6. The van der Waals surface area contributed by atoms with Crippen LogP contribution in [0.25, 0.3) is 27.5 Å². The van der Waals surface area contributed by atoms with Crippen LogP contribution in [0.3, 0.4) is 0 Å². The molecule has 0 aliphatic rings. The van der Waals surface area contributed by atoms with E-state index in [0.29, 0.717) is 22.6 Å². The van der Waals surface area contributed by atoms with Crippen molar-refractivity contribution in [2.45, 2.75) is 33.6 Å². The van der Waals surface area contributed by atoms with Crippen LogP contribution in [0.1, 0.15) is 45.0 Å². The van der Waals surface area contributed by atoms with Crippen LogP contribution in [0.2, 0.25) is 0 Å². The lowest BCUT2D eigenvalue weighted by Gasteiger charge is -2.15. The van der Waals surface area contributed by atoms with Crippen LogP contribution in [0.5, 0.6) is 5.75 Å². The Kier molecular flexibility index (Phi) is 4.83. The molecule has 0 saturated heterocycles. The van der Waals surface area contributed by atoms with Gasteiger partial charge in [-0.15, -0.1) is 0 Å². The molecule has 0 unspecified atom stereocenters. The lowest BCUT2D eigenvalue weighted by atomic mass is 9.96.